The van der Waals surface area contributed by atoms with Crippen LogP contribution in [-0.2, 0) is 9.59 Å². The summed E-state index contributed by atoms with van der Waals surface area (Å²) < 4.78 is 5.23. The van der Waals surface area contributed by atoms with Crippen molar-refractivity contribution in [3.05, 3.63) is 70.9 Å². The number of ether oxygens (including phenoxy) is 1. The zero-order valence-electron chi connectivity index (χ0n) is 11.9. The first-order valence-corrected chi connectivity index (χ1v) is 6.94. The highest BCUT2D eigenvalue weighted by atomic mass is 35.5. The van der Waals surface area contributed by atoms with E-state index in [1.54, 1.807) is 48.5 Å². The molecule has 0 radical (unpaired) electrons. The van der Waals surface area contributed by atoms with Crippen molar-refractivity contribution < 1.29 is 14.3 Å². The van der Waals surface area contributed by atoms with Crippen molar-refractivity contribution in [2.24, 2.45) is 0 Å². The minimum Gasteiger partial charge on any atom is -0.422 e. The number of para-hydroxylation sites is 1. The molecular formula is C17H14ClNO3. The summed E-state index contributed by atoms with van der Waals surface area (Å²) in [6, 6.07) is 15.5. The summed E-state index contributed by atoms with van der Waals surface area (Å²) in [6.45, 7) is 1.32. The SMILES string of the molecule is CC(=O)N/C(=C/c1ccc(Cl)cc1)C(=O)Oc1ccccc1. The maximum absolute atomic E-state index is 12.2. The maximum atomic E-state index is 12.2. The summed E-state index contributed by atoms with van der Waals surface area (Å²) in [4.78, 5) is 23.5. The van der Waals surface area contributed by atoms with Crippen LogP contribution in [0.1, 0.15) is 12.5 Å². The number of carbonyl (C=O) groups is 2. The second-order valence-corrected chi connectivity index (χ2v) is 4.93. The van der Waals surface area contributed by atoms with Crippen LogP contribution in [0.25, 0.3) is 6.08 Å². The summed E-state index contributed by atoms with van der Waals surface area (Å²) in [6.07, 6.45) is 1.53. The number of benzene rings is 2. The molecule has 2 aromatic rings. The van der Waals surface area contributed by atoms with Gasteiger partial charge in [-0.2, -0.15) is 0 Å². The van der Waals surface area contributed by atoms with E-state index in [1.165, 1.54) is 13.0 Å². The predicted octanol–water partition coefficient (Wildman–Crippen LogP) is 3.42. The number of nitrogens with one attached hydrogen (secondary N) is 1. The van der Waals surface area contributed by atoms with E-state index in [0.717, 1.165) is 5.56 Å². The molecule has 2 aromatic carbocycles. The molecule has 0 aliphatic heterocycles. The number of halogens is 1. The van der Waals surface area contributed by atoms with Gasteiger partial charge in [0, 0.05) is 11.9 Å². The molecule has 0 aliphatic rings. The Kier molecular flexibility index (Phi) is 5.33. The molecule has 0 aromatic heterocycles. The van der Waals surface area contributed by atoms with Gasteiger partial charge in [-0.05, 0) is 35.9 Å². The fourth-order valence-corrected chi connectivity index (χ4v) is 1.84. The summed E-state index contributed by atoms with van der Waals surface area (Å²) in [5.74, 6) is -0.596. The third-order valence-corrected chi connectivity index (χ3v) is 2.92. The standard InChI is InChI=1S/C17H14ClNO3/c1-12(20)19-16(11-13-7-9-14(18)10-8-13)17(21)22-15-5-3-2-4-6-15/h2-11H,1H3,(H,19,20)/b16-11+. The summed E-state index contributed by atoms with van der Waals surface area (Å²) in [7, 11) is 0. The van der Waals surface area contributed by atoms with E-state index < -0.39 is 5.97 Å². The fourth-order valence-electron chi connectivity index (χ4n) is 1.71. The number of rotatable bonds is 4. The lowest BCUT2D eigenvalue weighted by atomic mass is 10.2. The van der Waals surface area contributed by atoms with Gasteiger partial charge in [0.15, 0.2) is 0 Å². The molecule has 22 heavy (non-hydrogen) atoms. The van der Waals surface area contributed by atoms with E-state index >= 15 is 0 Å². The monoisotopic (exact) mass is 315 g/mol. The van der Waals surface area contributed by atoms with Gasteiger partial charge in [-0.25, -0.2) is 4.79 Å². The van der Waals surface area contributed by atoms with E-state index in [-0.39, 0.29) is 11.6 Å². The van der Waals surface area contributed by atoms with Gasteiger partial charge < -0.3 is 10.1 Å². The Labute approximate surface area is 133 Å². The van der Waals surface area contributed by atoms with Gasteiger partial charge in [-0.15, -0.1) is 0 Å². The Bertz CT molecular complexity index is 694. The molecule has 0 spiro atoms. The third kappa shape index (κ3) is 4.75. The Morgan fingerprint density at radius 3 is 2.27 bits per heavy atom. The molecule has 0 saturated heterocycles. The highest BCUT2D eigenvalue weighted by molar-refractivity contribution is 6.30. The minimum absolute atomic E-state index is 0.0543. The van der Waals surface area contributed by atoms with Crippen LogP contribution < -0.4 is 10.1 Å². The van der Waals surface area contributed by atoms with Gasteiger partial charge in [0.2, 0.25) is 5.91 Å². The minimum atomic E-state index is -0.642. The maximum Gasteiger partial charge on any atom is 0.360 e. The largest absolute Gasteiger partial charge is 0.422 e. The summed E-state index contributed by atoms with van der Waals surface area (Å²) >= 11 is 5.82. The highest BCUT2D eigenvalue weighted by Crippen LogP contribution is 2.14. The number of esters is 1. The zero-order valence-corrected chi connectivity index (χ0v) is 12.6. The van der Waals surface area contributed by atoms with Crippen LogP contribution >= 0.6 is 11.6 Å². The highest BCUT2D eigenvalue weighted by Gasteiger charge is 2.13. The molecule has 0 saturated carbocycles. The quantitative estimate of drug-likeness (QED) is 0.534. The lowest BCUT2D eigenvalue weighted by Gasteiger charge is -2.08. The van der Waals surface area contributed by atoms with Crippen molar-refractivity contribution in [3.63, 3.8) is 0 Å². The smallest absolute Gasteiger partial charge is 0.360 e. The van der Waals surface area contributed by atoms with E-state index in [0.29, 0.717) is 10.8 Å². The lowest BCUT2D eigenvalue weighted by molar-refractivity contribution is -0.132. The van der Waals surface area contributed by atoms with E-state index in [2.05, 4.69) is 5.32 Å². The number of carbonyl (C=O) groups excluding carboxylic acids is 2. The predicted molar refractivity (Wildman–Crippen MR) is 85.3 cm³/mol. The first-order chi connectivity index (χ1) is 10.5. The summed E-state index contributed by atoms with van der Waals surface area (Å²) in [5, 5.41) is 3.07. The van der Waals surface area contributed by atoms with Crippen LogP contribution in [0.4, 0.5) is 0 Å². The van der Waals surface area contributed by atoms with Crippen molar-refractivity contribution in [2.45, 2.75) is 6.92 Å². The Balaban J connectivity index is 2.23. The molecule has 1 N–H and O–H groups in total. The fraction of sp³-hybridized carbons (Fsp3) is 0.0588. The van der Waals surface area contributed by atoms with Gasteiger partial charge >= 0.3 is 5.97 Å². The number of hydrogen-bond acceptors (Lipinski definition) is 3. The second-order valence-electron chi connectivity index (χ2n) is 4.49. The van der Waals surface area contributed by atoms with E-state index in [1.807, 2.05) is 6.07 Å². The van der Waals surface area contributed by atoms with Crippen molar-refractivity contribution in [3.8, 4) is 5.75 Å². The van der Waals surface area contributed by atoms with Crippen LogP contribution in [0.2, 0.25) is 5.02 Å². The Morgan fingerprint density at radius 2 is 1.68 bits per heavy atom. The molecule has 4 nitrogen and oxygen atoms in total. The van der Waals surface area contributed by atoms with Crippen molar-refractivity contribution in [2.75, 3.05) is 0 Å². The zero-order chi connectivity index (χ0) is 15.9. The molecule has 0 fully saturated rings. The topological polar surface area (TPSA) is 55.4 Å². The van der Waals surface area contributed by atoms with Crippen LogP contribution in [-0.4, -0.2) is 11.9 Å². The molecule has 0 atom stereocenters. The molecule has 0 unspecified atom stereocenters. The van der Waals surface area contributed by atoms with Gasteiger partial charge in [0.1, 0.15) is 11.4 Å². The third-order valence-electron chi connectivity index (χ3n) is 2.67. The first kappa shape index (κ1) is 15.8. The Morgan fingerprint density at radius 1 is 1.05 bits per heavy atom. The van der Waals surface area contributed by atoms with Crippen molar-refractivity contribution in [1.82, 2.24) is 5.32 Å². The average molecular weight is 316 g/mol. The van der Waals surface area contributed by atoms with Crippen molar-refractivity contribution in [1.29, 1.82) is 0 Å². The Hall–Kier alpha value is -2.59. The molecule has 112 valence electrons. The average Bonchev–Trinajstić information content (AvgIpc) is 2.49. The molecule has 0 bridgehead atoms. The van der Waals surface area contributed by atoms with Gasteiger partial charge in [-0.3, -0.25) is 4.79 Å². The van der Waals surface area contributed by atoms with Gasteiger partial charge in [-0.1, -0.05) is 41.9 Å². The van der Waals surface area contributed by atoms with Gasteiger partial charge in [0.25, 0.3) is 0 Å². The van der Waals surface area contributed by atoms with Crippen LogP contribution in [0.15, 0.2) is 60.3 Å². The normalized spacial score (nSPS) is 10.9. The van der Waals surface area contributed by atoms with E-state index in [9.17, 15) is 9.59 Å². The molecule has 0 aliphatic carbocycles. The van der Waals surface area contributed by atoms with Crippen LogP contribution in [0, 0.1) is 0 Å². The number of hydrogen-bond donors (Lipinski definition) is 1. The van der Waals surface area contributed by atoms with E-state index in [4.69, 9.17) is 16.3 Å². The lowest BCUT2D eigenvalue weighted by Crippen LogP contribution is -2.27. The molecule has 1 amide bonds. The second kappa shape index (κ2) is 7.43. The molecule has 0 heterocycles. The summed E-state index contributed by atoms with van der Waals surface area (Å²) in [5.41, 5.74) is 0.775. The molecular weight excluding hydrogens is 302 g/mol. The van der Waals surface area contributed by atoms with Crippen LogP contribution in [0.3, 0.4) is 0 Å². The number of amides is 1. The molecule has 5 heteroatoms. The molecule has 2 rings (SSSR count). The van der Waals surface area contributed by atoms with Crippen molar-refractivity contribution >= 4 is 29.6 Å². The van der Waals surface area contributed by atoms with Crippen LogP contribution in [0.5, 0.6) is 5.75 Å². The first-order valence-electron chi connectivity index (χ1n) is 6.56. The van der Waals surface area contributed by atoms with Gasteiger partial charge in [0.05, 0.1) is 0 Å².